The summed E-state index contributed by atoms with van der Waals surface area (Å²) in [6, 6.07) is 3.87. The van der Waals surface area contributed by atoms with Gasteiger partial charge in [-0.2, -0.15) is 11.8 Å². The molecule has 2 aliphatic heterocycles. The van der Waals surface area contributed by atoms with Gasteiger partial charge in [0, 0.05) is 38.1 Å². The molecule has 23 heavy (non-hydrogen) atoms. The van der Waals surface area contributed by atoms with E-state index in [-0.39, 0.29) is 18.1 Å². The maximum Gasteiger partial charge on any atom is 0.255 e. The van der Waals surface area contributed by atoms with Crippen LogP contribution in [0.1, 0.15) is 30.6 Å². The van der Waals surface area contributed by atoms with Crippen LogP contribution >= 0.6 is 11.8 Å². The Labute approximate surface area is 142 Å². The van der Waals surface area contributed by atoms with Crippen molar-refractivity contribution in [1.82, 2.24) is 9.88 Å². The molecular weight excluding hydrogens is 310 g/mol. The van der Waals surface area contributed by atoms with Crippen LogP contribution in [0.4, 0.5) is 5.82 Å². The summed E-state index contributed by atoms with van der Waals surface area (Å²) in [5, 5.41) is 0. The van der Waals surface area contributed by atoms with Gasteiger partial charge in [-0.1, -0.05) is 0 Å². The number of amides is 1. The van der Waals surface area contributed by atoms with E-state index in [9.17, 15) is 4.79 Å². The number of ether oxygens (including phenoxy) is 1. The Balaban J connectivity index is 1.67. The Morgan fingerprint density at radius 1 is 1.22 bits per heavy atom. The van der Waals surface area contributed by atoms with Crippen molar-refractivity contribution in [3.05, 3.63) is 23.9 Å². The van der Waals surface area contributed by atoms with Crippen molar-refractivity contribution in [3.8, 4) is 0 Å². The van der Waals surface area contributed by atoms with Gasteiger partial charge in [0.25, 0.3) is 5.91 Å². The van der Waals surface area contributed by atoms with E-state index >= 15 is 0 Å². The molecule has 0 radical (unpaired) electrons. The lowest BCUT2D eigenvalue weighted by molar-refractivity contribution is -0.00546. The normalized spacial score (nSPS) is 26.0. The highest BCUT2D eigenvalue weighted by molar-refractivity contribution is 7.99. The fourth-order valence-corrected chi connectivity index (χ4v) is 4.08. The fraction of sp³-hybridized carbons (Fsp3) is 0.647. The molecule has 1 amide bonds. The third kappa shape index (κ3) is 4.18. The zero-order chi connectivity index (χ0) is 16.2. The third-order valence-corrected chi connectivity index (χ3v) is 5.30. The summed E-state index contributed by atoms with van der Waals surface area (Å²) in [6.07, 6.45) is 3.21. The second kappa shape index (κ2) is 7.53. The first-order valence-electron chi connectivity index (χ1n) is 8.37. The minimum atomic E-state index is 0.107. The topological polar surface area (TPSA) is 45.7 Å². The van der Waals surface area contributed by atoms with Crippen LogP contribution < -0.4 is 4.90 Å². The van der Waals surface area contributed by atoms with Crippen molar-refractivity contribution >= 4 is 23.5 Å². The summed E-state index contributed by atoms with van der Waals surface area (Å²) in [7, 11) is 0. The first kappa shape index (κ1) is 16.6. The molecule has 0 aromatic carbocycles. The molecule has 6 heteroatoms. The van der Waals surface area contributed by atoms with Gasteiger partial charge in [0.1, 0.15) is 5.82 Å². The number of carbonyl (C=O) groups is 1. The Hall–Kier alpha value is -1.27. The molecule has 126 valence electrons. The number of carbonyl (C=O) groups excluding carboxylic acids is 1. The van der Waals surface area contributed by atoms with Gasteiger partial charge < -0.3 is 14.5 Å². The number of aromatic nitrogens is 1. The van der Waals surface area contributed by atoms with Crippen molar-refractivity contribution in [3.63, 3.8) is 0 Å². The number of hydrogen-bond acceptors (Lipinski definition) is 5. The molecular formula is C17H25N3O2S. The molecule has 2 fully saturated rings. The lowest BCUT2D eigenvalue weighted by Gasteiger charge is -2.36. The molecule has 0 unspecified atom stereocenters. The number of anilines is 1. The average molecular weight is 335 g/mol. The van der Waals surface area contributed by atoms with Crippen molar-refractivity contribution in [2.24, 2.45) is 0 Å². The monoisotopic (exact) mass is 335 g/mol. The summed E-state index contributed by atoms with van der Waals surface area (Å²) < 4.78 is 5.76. The van der Waals surface area contributed by atoms with Gasteiger partial charge in [-0.05, 0) is 38.2 Å². The van der Waals surface area contributed by atoms with E-state index in [2.05, 4.69) is 23.7 Å². The van der Waals surface area contributed by atoms with Crippen molar-refractivity contribution in [2.75, 3.05) is 42.6 Å². The van der Waals surface area contributed by atoms with Crippen LogP contribution in [0.15, 0.2) is 18.3 Å². The van der Waals surface area contributed by atoms with Gasteiger partial charge in [-0.3, -0.25) is 4.79 Å². The zero-order valence-corrected chi connectivity index (χ0v) is 14.7. The minimum absolute atomic E-state index is 0.107. The Morgan fingerprint density at radius 2 is 2.00 bits per heavy atom. The standard InChI is InChI=1S/C17H25N3O2S/c1-13-11-20(12-14(2)22-13)16-5-4-15(10-18-16)17(21)19-6-3-8-23-9-7-19/h4-5,10,13-14H,3,6-9,11-12H2,1-2H3/t13-,14-/m1/s1. The number of pyridine rings is 1. The summed E-state index contributed by atoms with van der Waals surface area (Å²) in [6.45, 7) is 7.54. The lowest BCUT2D eigenvalue weighted by Crippen LogP contribution is -2.45. The quantitative estimate of drug-likeness (QED) is 0.830. The maximum absolute atomic E-state index is 12.6. The zero-order valence-electron chi connectivity index (χ0n) is 13.9. The lowest BCUT2D eigenvalue weighted by atomic mass is 10.2. The van der Waals surface area contributed by atoms with Crippen LogP contribution in [0.25, 0.3) is 0 Å². The number of thioether (sulfide) groups is 1. The number of morpholine rings is 1. The Morgan fingerprint density at radius 3 is 2.70 bits per heavy atom. The van der Waals surface area contributed by atoms with Gasteiger partial charge in [0.05, 0.1) is 17.8 Å². The van der Waals surface area contributed by atoms with Crippen LogP contribution in [0.3, 0.4) is 0 Å². The molecule has 2 saturated heterocycles. The summed E-state index contributed by atoms with van der Waals surface area (Å²) in [5.41, 5.74) is 0.690. The van der Waals surface area contributed by atoms with Gasteiger partial charge in [0.15, 0.2) is 0 Å². The summed E-state index contributed by atoms with van der Waals surface area (Å²) >= 11 is 1.93. The van der Waals surface area contributed by atoms with Crippen molar-refractivity contribution < 1.29 is 9.53 Å². The van der Waals surface area contributed by atoms with Crippen LogP contribution in [0.5, 0.6) is 0 Å². The van der Waals surface area contributed by atoms with E-state index in [0.717, 1.165) is 49.9 Å². The smallest absolute Gasteiger partial charge is 0.255 e. The van der Waals surface area contributed by atoms with Crippen molar-refractivity contribution in [2.45, 2.75) is 32.5 Å². The van der Waals surface area contributed by atoms with E-state index in [4.69, 9.17) is 4.74 Å². The van der Waals surface area contributed by atoms with E-state index in [1.54, 1.807) is 6.20 Å². The average Bonchev–Trinajstić information content (AvgIpc) is 2.83. The van der Waals surface area contributed by atoms with Crippen LogP contribution in [0.2, 0.25) is 0 Å². The molecule has 0 saturated carbocycles. The summed E-state index contributed by atoms with van der Waals surface area (Å²) in [4.78, 5) is 21.3. The molecule has 0 bridgehead atoms. The number of nitrogens with zero attached hydrogens (tertiary/aromatic N) is 3. The predicted molar refractivity (Wildman–Crippen MR) is 94.3 cm³/mol. The highest BCUT2D eigenvalue weighted by atomic mass is 32.2. The van der Waals surface area contributed by atoms with Crippen molar-refractivity contribution in [1.29, 1.82) is 0 Å². The van der Waals surface area contributed by atoms with E-state index in [1.165, 1.54) is 0 Å². The highest BCUT2D eigenvalue weighted by Gasteiger charge is 2.24. The number of hydrogen-bond donors (Lipinski definition) is 0. The van der Waals surface area contributed by atoms with Gasteiger partial charge >= 0.3 is 0 Å². The van der Waals surface area contributed by atoms with E-state index < -0.39 is 0 Å². The second-order valence-corrected chi connectivity index (χ2v) is 7.55. The van der Waals surface area contributed by atoms with Gasteiger partial charge in [0.2, 0.25) is 0 Å². The first-order valence-corrected chi connectivity index (χ1v) is 9.52. The molecule has 2 aliphatic rings. The maximum atomic E-state index is 12.6. The van der Waals surface area contributed by atoms with Crippen LogP contribution in [0, 0.1) is 0 Å². The minimum Gasteiger partial charge on any atom is -0.372 e. The molecule has 0 N–H and O–H groups in total. The molecule has 3 heterocycles. The molecule has 3 rings (SSSR count). The van der Waals surface area contributed by atoms with Crippen LogP contribution in [-0.4, -0.2) is 65.7 Å². The third-order valence-electron chi connectivity index (χ3n) is 4.25. The fourth-order valence-electron chi connectivity index (χ4n) is 3.20. The molecule has 2 atom stereocenters. The molecule has 0 aliphatic carbocycles. The molecule has 0 spiro atoms. The number of rotatable bonds is 2. The van der Waals surface area contributed by atoms with Crippen LogP contribution in [-0.2, 0) is 4.74 Å². The van der Waals surface area contributed by atoms with E-state index in [0.29, 0.717) is 5.56 Å². The summed E-state index contributed by atoms with van der Waals surface area (Å²) in [5.74, 6) is 3.21. The Bertz CT molecular complexity index is 519. The molecule has 5 nitrogen and oxygen atoms in total. The SMILES string of the molecule is C[C@@H]1CN(c2ccc(C(=O)N3CCCSCC3)cn2)C[C@@H](C)O1. The molecule has 1 aromatic rings. The second-order valence-electron chi connectivity index (χ2n) is 6.33. The van der Waals surface area contributed by atoms with E-state index in [1.807, 2.05) is 28.8 Å². The van der Waals surface area contributed by atoms with Gasteiger partial charge in [-0.25, -0.2) is 4.98 Å². The molecule has 1 aromatic heterocycles. The highest BCUT2D eigenvalue weighted by Crippen LogP contribution is 2.19. The Kier molecular flexibility index (Phi) is 5.43. The largest absolute Gasteiger partial charge is 0.372 e. The first-order chi connectivity index (χ1) is 11.1. The van der Waals surface area contributed by atoms with Gasteiger partial charge in [-0.15, -0.1) is 0 Å². The predicted octanol–water partition coefficient (Wildman–Crippen LogP) is 2.27.